The third-order valence-electron chi connectivity index (χ3n) is 5.02. The lowest BCUT2D eigenvalue weighted by atomic mass is 10.2. The number of hydrogen-bond acceptors (Lipinski definition) is 4. The number of carbonyl (C=O) groups is 1. The topological polar surface area (TPSA) is 80.5 Å². The van der Waals surface area contributed by atoms with Crippen LogP contribution >= 0.6 is 11.3 Å². The Morgan fingerprint density at radius 2 is 1.76 bits per heavy atom. The van der Waals surface area contributed by atoms with Gasteiger partial charge in [-0.05, 0) is 55.8 Å². The molecule has 0 unspecified atom stereocenters. The lowest BCUT2D eigenvalue weighted by molar-refractivity contribution is 0.0998. The van der Waals surface area contributed by atoms with E-state index >= 15 is 0 Å². The van der Waals surface area contributed by atoms with E-state index < -0.39 is 15.9 Å². The first-order chi connectivity index (χ1) is 15.8. The fourth-order valence-corrected chi connectivity index (χ4v) is 5.54. The molecule has 0 saturated carbocycles. The minimum absolute atomic E-state index is 0.110. The molecular weight excluding hydrogens is 454 g/mol. The molecule has 1 amide bonds. The summed E-state index contributed by atoms with van der Waals surface area (Å²) < 4.78 is 31.0. The molecule has 0 aliphatic carbocycles. The average molecular weight is 476 g/mol. The van der Waals surface area contributed by atoms with Crippen LogP contribution in [0.1, 0.15) is 21.5 Å². The predicted molar refractivity (Wildman–Crippen MR) is 132 cm³/mol. The molecule has 8 heteroatoms. The number of anilines is 1. The first-order valence-electron chi connectivity index (χ1n) is 10.1. The highest BCUT2D eigenvalue weighted by atomic mass is 32.2. The van der Waals surface area contributed by atoms with Gasteiger partial charge in [0.25, 0.3) is 15.9 Å². The maximum Gasteiger partial charge on any atom is 0.281 e. The molecule has 6 nitrogen and oxygen atoms in total. The van der Waals surface area contributed by atoms with E-state index in [1.165, 1.54) is 29.5 Å². The second-order valence-electron chi connectivity index (χ2n) is 7.53. The highest BCUT2D eigenvalue weighted by Crippen LogP contribution is 2.22. The Bertz CT molecular complexity index is 1570. The van der Waals surface area contributed by atoms with Gasteiger partial charge >= 0.3 is 0 Å². The van der Waals surface area contributed by atoms with Gasteiger partial charge in [0, 0.05) is 0 Å². The van der Waals surface area contributed by atoms with Crippen LogP contribution in [0.4, 0.5) is 5.69 Å². The van der Waals surface area contributed by atoms with Gasteiger partial charge in [-0.2, -0.15) is 4.99 Å². The number of benzene rings is 3. The molecule has 1 aromatic heterocycles. The highest BCUT2D eigenvalue weighted by Gasteiger charge is 2.19. The number of fused-ring (bicyclic) bond motifs is 1. The normalized spacial score (nSPS) is 12.0. The highest BCUT2D eigenvalue weighted by molar-refractivity contribution is 7.92. The summed E-state index contributed by atoms with van der Waals surface area (Å²) in [5.74, 6) is 2.04. The number of para-hydroxylation sites is 1. The molecule has 3 aromatic carbocycles. The molecule has 0 saturated heterocycles. The minimum atomic E-state index is -3.87. The van der Waals surface area contributed by atoms with Crippen molar-refractivity contribution in [3.05, 3.63) is 88.2 Å². The summed E-state index contributed by atoms with van der Waals surface area (Å²) in [6, 6.07) is 18.8. The molecule has 0 aliphatic heterocycles. The number of aryl methyl sites for hydroxylation is 2. The standard InChI is InChI=1S/C25H21N3O3S2/c1-4-15-28-22-14-11-18(3)16-23(22)32-25(28)26-24(29)20-7-5-6-8-21(20)27-33(30,31)19-12-9-17(2)10-13-19/h1,5-14,16,27H,15H2,2-3H3. The van der Waals surface area contributed by atoms with Crippen molar-refractivity contribution in [1.82, 2.24) is 4.57 Å². The SMILES string of the molecule is C#CCn1c(=NC(=O)c2ccccc2NS(=O)(=O)c2ccc(C)cc2)sc2cc(C)ccc21. The van der Waals surface area contributed by atoms with Gasteiger partial charge in [-0.25, -0.2) is 8.42 Å². The Balaban J connectivity index is 1.75. The summed E-state index contributed by atoms with van der Waals surface area (Å²) >= 11 is 1.36. The molecule has 0 radical (unpaired) electrons. The van der Waals surface area contributed by atoms with Gasteiger partial charge in [-0.3, -0.25) is 9.52 Å². The number of terminal acetylenes is 1. The van der Waals surface area contributed by atoms with Crippen molar-refractivity contribution >= 4 is 43.2 Å². The van der Waals surface area contributed by atoms with Gasteiger partial charge in [0.2, 0.25) is 0 Å². The number of aromatic nitrogens is 1. The van der Waals surface area contributed by atoms with Crippen LogP contribution in [0.25, 0.3) is 10.2 Å². The second kappa shape index (κ2) is 9.06. The number of sulfonamides is 1. The predicted octanol–water partition coefficient (Wildman–Crippen LogP) is 4.49. The molecule has 0 atom stereocenters. The van der Waals surface area contributed by atoms with E-state index in [0.29, 0.717) is 4.80 Å². The number of rotatable bonds is 5. The average Bonchev–Trinajstić information content (AvgIpc) is 3.10. The van der Waals surface area contributed by atoms with E-state index in [0.717, 1.165) is 21.3 Å². The van der Waals surface area contributed by atoms with Crippen LogP contribution < -0.4 is 9.52 Å². The molecule has 1 heterocycles. The first-order valence-corrected chi connectivity index (χ1v) is 12.4. The minimum Gasteiger partial charge on any atom is -0.305 e. The van der Waals surface area contributed by atoms with Gasteiger partial charge in [0.1, 0.15) is 0 Å². The van der Waals surface area contributed by atoms with Crippen LogP contribution in [0.2, 0.25) is 0 Å². The number of nitrogens with zero attached hydrogens (tertiary/aromatic N) is 2. The fraction of sp³-hybridized carbons (Fsp3) is 0.120. The zero-order chi connectivity index (χ0) is 23.6. The van der Waals surface area contributed by atoms with Gasteiger partial charge in [-0.1, -0.05) is 53.2 Å². The summed E-state index contributed by atoms with van der Waals surface area (Å²) in [5, 5.41) is 0. The summed E-state index contributed by atoms with van der Waals surface area (Å²) in [4.78, 5) is 18.0. The fourth-order valence-electron chi connectivity index (χ4n) is 3.34. The molecule has 0 spiro atoms. The third-order valence-corrected chi connectivity index (χ3v) is 7.44. The smallest absolute Gasteiger partial charge is 0.281 e. The number of amides is 1. The Hall–Kier alpha value is -3.67. The van der Waals surface area contributed by atoms with Crippen LogP contribution in [0.15, 0.2) is 76.6 Å². The largest absolute Gasteiger partial charge is 0.305 e. The van der Waals surface area contributed by atoms with Crippen LogP contribution in [-0.4, -0.2) is 18.9 Å². The molecular formula is C25H21N3O3S2. The van der Waals surface area contributed by atoms with E-state index in [1.807, 2.05) is 32.0 Å². The van der Waals surface area contributed by atoms with Gasteiger partial charge in [-0.15, -0.1) is 6.42 Å². The maximum atomic E-state index is 13.1. The van der Waals surface area contributed by atoms with Crippen LogP contribution in [0, 0.1) is 26.2 Å². The molecule has 0 aliphatic rings. The van der Waals surface area contributed by atoms with Crippen molar-refractivity contribution in [1.29, 1.82) is 0 Å². The molecule has 0 bridgehead atoms. The van der Waals surface area contributed by atoms with Crippen LogP contribution in [-0.2, 0) is 16.6 Å². The molecule has 1 N–H and O–H groups in total. The molecule has 4 aromatic rings. The van der Waals surface area contributed by atoms with Crippen molar-refractivity contribution in [3.8, 4) is 12.3 Å². The van der Waals surface area contributed by atoms with E-state index in [1.54, 1.807) is 34.9 Å². The van der Waals surface area contributed by atoms with Crippen LogP contribution in [0.5, 0.6) is 0 Å². The van der Waals surface area contributed by atoms with Crippen LogP contribution in [0.3, 0.4) is 0 Å². The van der Waals surface area contributed by atoms with Crippen molar-refractivity contribution in [2.75, 3.05) is 4.72 Å². The Kier molecular flexibility index (Phi) is 6.18. The quantitative estimate of drug-likeness (QED) is 0.432. The third kappa shape index (κ3) is 4.75. The van der Waals surface area contributed by atoms with Crippen molar-refractivity contribution in [2.45, 2.75) is 25.3 Å². The zero-order valence-corrected chi connectivity index (χ0v) is 19.7. The van der Waals surface area contributed by atoms with Crippen molar-refractivity contribution in [3.63, 3.8) is 0 Å². The summed E-state index contributed by atoms with van der Waals surface area (Å²) in [6.45, 7) is 4.13. The molecule has 4 rings (SSSR count). The summed E-state index contributed by atoms with van der Waals surface area (Å²) in [7, 11) is -3.87. The number of thiazole rings is 1. The monoisotopic (exact) mass is 475 g/mol. The second-order valence-corrected chi connectivity index (χ2v) is 10.2. The van der Waals surface area contributed by atoms with Gasteiger partial charge in [0.15, 0.2) is 4.80 Å². The van der Waals surface area contributed by atoms with E-state index in [4.69, 9.17) is 6.42 Å². The Morgan fingerprint density at radius 1 is 1.06 bits per heavy atom. The van der Waals surface area contributed by atoms with Crippen molar-refractivity contribution in [2.24, 2.45) is 4.99 Å². The lowest BCUT2D eigenvalue weighted by Gasteiger charge is -2.11. The maximum absolute atomic E-state index is 13.1. The van der Waals surface area contributed by atoms with E-state index in [2.05, 4.69) is 15.6 Å². The molecule has 0 fully saturated rings. The lowest BCUT2D eigenvalue weighted by Crippen LogP contribution is -2.18. The van der Waals surface area contributed by atoms with E-state index in [-0.39, 0.29) is 22.7 Å². The van der Waals surface area contributed by atoms with Gasteiger partial charge in [0.05, 0.1) is 32.9 Å². The number of hydrogen-bond donors (Lipinski definition) is 1. The molecule has 33 heavy (non-hydrogen) atoms. The zero-order valence-electron chi connectivity index (χ0n) is 18.1. The molecule has 166 valence electrons. The van der Waals surface area contributed by atoms with Gasteiger partial charge < -0.3 is 4.57 Å². The Labute approximate surface area is 196 Å². The number of carbonyl (C=O) groups excluding carboxylic acids is 1. The van der Waals surface area contributed by atoms with Crippen molar-refractivity contribution < 1.29 is 13.2 Å². The number of nitrogens with one attached hydrogen (secondary N) is 1. The van der Waals surface area contributed by atoms with E-state index in [9.17, 15) is 13.2 Å². The summed E-state index contributed by atoms with van der Waals surface area (Å²) in [6.07, 6.45) is 5.54. The first kappa shape index (κ1) is 22.5. The Morgan fingerprint density at radius 3 is 2.48 bits per heavy atom. The summed E-state index contributed by atoms with van der Waals surface area (Å²) in [5.41, 5.74) is 3.23.